The number of rotatable bonds is 6. The summed E-state index contributed by atoms with van der Waals surface area (Å²) < 4.78 is 9.32. The van der Waals surface area contributed by atoms with E-state index >= 15 is 0 Å². The first kappa shape index (κ1) is 47.6. The highest BCUT2D eigenvalue weighted by molar-refractivity contribution is 6.36. The normalized spacial score (nSPS) is 13.0. The lowest BCUT2D eigenvalue weighted by Crippen LogP contribution is -2.14. The number of fused-ring (bicyclic) bond motifs is 12. The molecule has 0 atom stereocenters. The molecule has 0 N–H and O–H groups in total. The molecule has 376 valence electrons. The molecule has 0 spiro atoms. The number of para-hydroxylation sites is 1. The third-order valence-corrected chi connectivity index (χ3v) is 16.3. The minimum atomic E-state index is 0.0494. The summed E-state index contributed by atoms with van der Waals surface area (Å²) in [7, 11) is 0. The SMILES string of the molecule is CC(C)(C)c1ccc(N(c2ccc(C(C)(C)C)cc2)c2ccc3cc4c5cc6oc7ccccc7c6c6c7cc8ccc(N(c9ccc(C(C)(C)C)cc9)c9ccc(C(C)(C)C)cc9)cc8cc7n(c4cc3c2)c56)cc1. The van der Waals surface area contributed by atoms with Gasteiger partial charge in [0.05, 0.1) is 16.6 Å². The average molecular weight is 990 g/mol. The van der Waals surface area contributed by atoms with Gasteiger partial charge in [-0.2, -0.15) is 0 Å². The molecular formula is C72H67N3O. The van der Waals surface area contributed by atoms with E-state index in [0.717, 1.165) is 50.7 Å². The second-order valence-corrected chi connectivity index (χ2v) is 25.6. The molecule has 0 saturated carbocycles. The van der Waals surface area contributed by atoms with E-state index in [2.05, 4.69) is 285 Å². The molecule has 0 aliphatic heterocycles. The van der Waals surface area contributed by atoms with Gasteiger partial charge in [-0.25, -0.2) is 0 Å². The Labute approximate surface area is 447 Å². The van der Waals surface area contributed by atoms with Crippen molar-refractivity contribution >= 4 is 116 Å². The summed E-state index contributed by atoms with van der Waals surface area (Å²) in [5.74, 6) is 0. The first-order valence-corrected chi connectivity index (χ1v) is 27.1. The van der Waals surface area contributed by atoms with Crippen molar-refractivity contribution in [1.29, 1.82) is 0 Å². The van der Waals surface area contributed by atoms with Gasteiger partial charge in [0.1, 0.15) is 11.2 Å². The van der Waals surface area contributed by atoms with E-state index < -0.39 is 0 Å². The quantitative estimate of drug-likeness (QED) is 0.166. The van der Waals surface area contributed by atoms with Crippen LogP contribution in [0.2, 0.25) is 0 Å². The van der Waals surface area contributed by atoms with Gasteiger partial charge in [0, 0.05) is 66.4 Å². The van der Waals surface area contributed by atoms with Crippen LogP contribution in [0.15, 0.2) is 192 Å². The van der Waals surface area contributed by atoms with E-state index in [9.17, 15) is 0 Å². The third-order valence-electron chi connectivity index (χ3n) is 16.3. The maximum absolute atomic E-state index is 6.77. The number of hydrogen-bond donors (Lipinski definition) is 0. The van der Waals surface area contributed by atoms with Crippen molar-refractivity contribution in [3.63, 3.8) is 0 Å². The summed E-state index contributed by atoms with van der Waals surface area (Å²) in [4.78, 5) is 4.82. The standard InChI is InChI=1S/C72H67N3O/c1-69(2,3)48-19-29-52(30-20-48)73(53-31-21-49(22-32-53)70(4,5)6)56-27-17-44-39-59-60-43-65-66(58-15-13-14-16-64(58)76-65)67-61-40-45-18-28-57(38-47(45)42-63(61)75(68(60)67)62(59)41-46(44)37-56)74(54-33-23-50(24-34-54)71(7,8)9)55-35-25-51(26-36-55)72(10,11)12/h13-43H,1-12H3. The van der Waals surface area contributed by atoms with Gasteiger partial charge in [-0.3, -0.25) is 0 Å². The molecule has 13 aromatic rings. The molecule has 0 bridgehead atoms. The van der Waals surface area contributed by atoms with E-state index in [1.54, 1.807) is 0 Å². The highest BCUT2D eigenvalue weighted by Crippen LogP contribution is 2.49. The number of benzene rings is 10. The lowest BCUT2D eigenvalue weighted by atomic mass is 9.86. The predicted molar refractivity (Wildman–Crippen MR) is 328 cm³/mol. The fourth-order valence-electron chi connectivity index (χ4n) is 11.9. The zero-order valence-corrected chi connectivity index (χ0v) is 46.1. The van der Waals surface area contributed by atoms with Crippen LogP contribution in [-0.2, 0) is 21.7 Å². The van der Waals surface area contributed by atoms with Crippen LogP contribution < -0.4 is 9.80 Å². The van der Waals surface area contributed by atoms with Crippen molar-refractivity contribution in [2.45, 2.75) is 105 Å². The molecule has 10 aromatic carbocycles. The Bertz CT molecular complexity index is 4280. The van der Waals surface area contributed by atoms with Gasteiger partial charge in [-0.15, -0.1) is 0 Å². The molecule has 0 fully saturated rings. The van der Waals surface area contributed by atoms with E-state index in [1.165, 1.54) is 87.3 Å². The Morgan fingerprint density at radius 1 is 0.303 bits per heavy atom. The zero-order chi connectivity index (χ0) is 52.8. The van der Waals surface area contributed by atoms with Crippen LogP contribution in [0, 0.1) is 0 Å². The summed E-state index contributed by atoms with van der Waals surface area (Å²) in [5.41, 5.74) is 17.6. The van der Waals surface area contributed by atoms with E-state index in [-0.39, 0.29) is 21.7 Å². The van der Waals surface area contributed by atoms with E-state index in [4.69, 9.17) is 4.42 Å². The Morgan fingerprint density at radius 2 is 0.684 bits per heavy atom. The van der Waals surface area contributed by atoms with Gasteiger partial charge in [0.25, 0.3) is 0 Å². The summed E-state index contributed by atoms with van der Waals surface area (Å²) in [6.07, 6.45) is 0. The van der Waals surface area contributed by atoms with Crippen molar-refractivity contribution in [1.82, 2.24) is 4.40 Å². The Kier molecular flexibility index (Phi) is 10.5. The lowest BCUT2D eigenvalue weighted by molar-refractivity contribution is 0.590. The first-order chi connectivity index (χ1) is 36.2. The molecule has 13 rings (SSSR count). The van der Waals surface area contributed by atoms with Crippen LogP contribution in [0.5, 0.6) is 0 Å². The van der Waals surface area contributed by atoms with Gasteiger partial charge in [-0.1, -0.05) is 162 Å². The molecular weight excluding hydrogens is 923 g/mol. The Balaban J connectivity index is 1.04. The molecule has 4 nitrogen and oxygen atoms in total. The number of aromatic nitrogens is 1. The molecule has 0 aliphatic carbocycles. The highest BCUT2D eigenvalue weighted by atomic mass is 16.3. The van der Waals surface area contributed by atoms with Gasteiger partial charge in [0.2, 0.25) is 0 Å². The molecule has 0 saturated heterocycles. The van der Waals surface area contributed by atoms with Crippen LogP contribution >= 0.6 is 0 Å². The number of anilines is 6. The zero-order valence-electron chi connectivity index (χ0n) is 46.1. The van der Waals surface area contributed by atoms with Crippen LogP contribution in [-0.4, -0.2) is 4.40 Å². The topological polar surface area (TPSA) is 24.0 Å². The van der Waals surface area contributed by atoms with Crippen LogP contribution in [0.25, 0.3) is 81.6 Å². The predicted octanol–water partition coefficient (Wildman–Crippen LogP) is 21.2. The highest BCUT2D eigenvalue weighted by Gasteiger charge is 2.26. The maximum Gasteiger partial charge on any atom is 0.136 e. The van der Waals surface area contributed by atoms with Gasteiger partial charge in [0.15, 0.2) is 0 Å². The van der Waals surface area contributed by atoms with Crippen molar-refractivity contribution in [3.8, 4) is 0 Å². The number of nitrogens with zero attached hydrogens (tertiary/aromatic N) is 3. The first-order valence-electron chi connectivity index (χ1n) is 27.1. The fourth-order valence-corrected chi connectivity index (χ4v) is 11.9. The van der Waals surface area contributed by atoms with Gasteiger partial charge < -0.3 is 18.6 Å². The summed E-state index contributed by atoms with van der Waals surface area (Å²) in [6.45, 7) is 27.4. The van der Waals surface area contributed by atoms with E-state index in [0.29, 0.717) is 0 Å². The molecule has 3 aromatic heterocycles. The second-order valence-electron chi connectivity index (χ2n) is 25.6. The smallest absolute Gasteiger partial charge is 0.136 e. The van der Waals surface area contributed by atoms with Crippen molar-refractivity contribution in [3.05, 3.63) is 210 Å². The number of furan rings is 1. The lowest BCUT2D eigenvalue weighted by Gasteiger charge is -2.28. The fraction of sp³-hybridized carbons (Fsp3) is 0.222. The van der Waals surface area contributed by atoms with Crippen molar-refractivity contribution in [2.75, 3.05) is 9.80 Å². The van der Waals surface area contributed by atoms with Crippen LogP contribution in [0.3, 0.4) is 0 Å². The summed E-state index contributed by atoms with van der Waals surface area (Å²) >= 11 is 0. The average Bonchev–Trinajstić information content (AvgIpc) is 4.18. The minimum Gasteiger partial charge on any atom is -0.456 e. The maximum atomic E-state index is 6.77. The van der Waals surface area contributed by atoms with Gasteiger partial charge in [-0.05, 0) is 175 Å². The Hall–Kier alpha value is -8.08. The van der Waals surface area contributed by atoms with Crippen LogP contribution in [0.1, 0.15) is 105 Å². The second kappa shape index (κ2) is 16.7. The van der Waals surface area contributed by atoms with Crippen molar-refractivity contribution < 1.29 is 4.42 Å². The summed E-state index contributed by atoms with van der Waals surface area (Å²) in [6, 6.07) is 71.1. The molecule has 0 amide bonds. The van der Waals surface area contributed by atoms with Crippen LogP contribution in [0.4, 0.5) is 34.1 Å². The third kappa shape index (κ3) is 7.78. The molecule has 0 radical (unpaired) electrons. The molecule has 0 aliphatic rings. The monoisotopic (exact) mass is 990 g/mol. The summed E-state index contributed by atoms with van der Waals surface area (Å²) in [5, 5.41) is 12.0. The Morgan fingerprint density at radius 3 is 1.11 bits per heavy atom. The molecule has 3 heterocycles. The van der Waals surface area contributed by atoms with Gasteiger partial charge >= 0.3 is 0 Å². The molecule has 76 heavy (non-hydrogen) atoms. The minimum absolute atomic E-state index is 0.0494. The molecule has 0 unspecified atom stereocenters. The van der Waals surface area contributed by atoms with Crippen molar-refractivity contribution in [2.24, 2.45) is 0 Å². The largest absolute Gasteiger partial charge is 0.456 e. The van der Waals surface area contributed by atoms with E-state index in [1.807, 2.05) is 0 Å². The molecule has 4 heteroatoms. The number of hydrogen-bond acceptors (Lipinski definition) is 3.